The first-order valence-corrected chi connectivity index (χ1v) is 12.8. The molecule has 1 aliphatic rings. The number of carbonyl (C=O) groups is 1. The first-order chi connectivity index (χ1) is 18.1. The number of likely N-dealkylation sites (tertiary alicyclic amines) is 1. The lowest BCUT2D eigenvalue weighted by Gasteiger charge is -2.41. The summed E-state index contributed by atoms with van der Waals surface area (Å²) in [5, 5.41) is 6.67. The van der Waals surface area contributed by atoms with Gasteiger partial charge in [0, 0.05) is 30.2 Å². The van der Waals surface area contributed by atoms with Crippen LogP contribution in [0.3, 0.4) is 0 Å². The highest BCUT2D eigenvalue weighted by atomic mass is 35.5. The second-order valence-corrected chi connectivity index (χ2v) is 10.5. The number of nitrogens with zero attached hydrogens (tertiary/aromatic N) is 4. The molecule has 0 aliphatic carbocycles. The molecule has 1 aliphatic heterocycles. The molecule has 9 heteroatoms. The number of amides is 1. The molecule has 0 radical (unpaired) electrons. The van der Waals surface area contributed by atoms with Gasteiger partial charge in [-0.1, -0.05) is 30.0 Å². The van der Waals surface area contributed by atoms with Gasteiger partial charge < -0.3 is 15.5 Å². The molecule has 3 aromatic rings. The summed E-state index contributed by atoms with van der Waals surface area (Å²) >= 11 is 5.94. The van der Waals surface area contributed by atoms with Crippen molar-refractivity contribution in [2.45, 2.75) is 38.3 Å². The number of benzene rings is 2. The Hall–Kier alpha value is -3.51. The van der Waals surface area contributed by atoms with Crippen molar-refractivity contribution in [3.05, 3.63) is 65.7 Å². The molecular formula is C29H32ClFN6O. The Morgan fingerprint density at radius 3 is 2.63 bits per heavy atom. The Balaban J connectivity index is 1.69. The highest BCUT2D eigenvalue weighted by molar-refractivity contribution is 6.31. The van der Waals surface area contributed by atoms with E-state index in [2.05, 4.69) is 76.8 Å². The van der Waals surface area contributed by atoms with E-state index in [1.54, 1.807) is 12.1 Å². The third kappa shape index (κ3) is 6.30. The van der Waals surface area contributed by atoms with Crippen LogP contribution >= 0.6 is 11.6 Å². The average molecular weight is 535 g/mol. The van der Waals surface area contributed by atoms with Gasteiger partial charge in [-0.2, -0.15) is 0 Å². The highest BCUT2D eigenvalue weighted by Gasteiger charge is 2.30. The average Bonchev–Trinajstić information content (AvgIpc) is 2.90. The first kappa shape index (κ1) is 27.5. The van der Waals surface area contributed by atoms with Gasteiger partial charge in [0.25, 0.3) is 0 Å². The zero-order chi connectivity index (χ0) is 27.4. The lowest BCUT2D eigenvalue weighted by Crippen LogP contribution is -2.50. The van der Waals surface area contributed by atoms with Crippen molar-refractivity contribution in [1.29, 1.82) is 0 Å². The summed E-state index contributed by atoms with van der Waals surface area (Å²) in [5.41, 5.74) is 2.01. The topological polar surface area (TPSA) is 73.4 Å². The molecule has 198 valence electrons. The van der Waals surface area contributed by atoms with Crippen LogP contribution in [0.15, 0.2) is 49.3 Å². The van der Waals surface area contributed by atoms with E-state index >= 15 is 0 Å². The lowest BCUT2D eigenvalue weighted by atomic mass is 9.96. The number of halogens is 2. The summed E-state index contributed by atoms with van der Waals surface area (Å²) < 4.78 is 13.6. The number of rotatable bonds is 6. The number of fused-ring (bicyclic) bond motifs is 1. The fourth-order valence-electron chi connectivity index (χ4n) is 4.54. The van der Waals surface area contributed by atoms with Gasteiger partial charge >= 0.3 is 0 Å². The van der Waals surface area contributed by atoms with E-state index in [0.717, 1.165) is 25.9 Å². The monoisotopic (exact) mass is 534 g/mol. The Labute approximate surface area is 228 Å². The fourth-order valence-corrected chi connectivity index (χ4v) is 4.73. The molecule has 0 saturated carbocycles. The molecule has 4 rings (SSSR count). The van der Waals surface area contributed by atoms with E-state index in [1.165, 1.54) is 24.5 Å². The Kier molecular flexibility index (Phi) is 8.32. The Morgan fingerprint density at radius 2 is 1.97 bits per heavy atom. The Bertz CT molecular complexity index is 1420. The summed E-state index contributed by atoms with van der Waals surface area (Å²) in [6, 6.07) is 8.53. The molecule has 1 amide bonds. The van der Waals surface area contributed by atoms with Crippen LogP contribution in [0.1, 0.15) is 32.3 Å². The molecule has 1 fully saturated rings. The smallest absolute Gasteiger partial charge is 0.247 e. The maximum Gasteiger partial charge on any atom is 0.247 e. The number of aromatic nitrogens is 2. The van der Waals surface area contributed by atoms with Crippen molar-refractivity contribution in [2.24, 2.45) is 0 Å². The maximum atomic E-state index is 13.6. The minimum absolute atomic E-state index is 0.00147. The molecule has 1 saturated heterocycles. The van der Waals surface area contributed by atoms with Crippen LogP contribution in [0.4, 0.5) is 21.6 Å². The predicted molar refractivity (Wildman–Crippen MR) is 152 cm³/mol. The predicted octanol–water partition coefficient (Wildman–Crippen LogP) is 5.45. The van der Waals surface area contributed by atoms with E-state index in [0.29, 0.717) is 39.7 Å². The standard InChI is InChI=1S/C29H32ClFN6O/c1-6-27(38)35-25-17-22-26(32-18-33-28(22)34-20-7-8-24(31)23(30)16-20)15-19(25)9-12-29(2,3)37-13-10-21(11-14-37)36(4)5/h6-8,15-18,21H,1,10-11,13-14H2,2-5H3,(H,35,38)(H,32,33,34). The van der Waals surface area contributed by atoms with E-state index < -0.39 is 5.82 Å². The molecule has 0 spiro atoms. The van der Waals surface area contributed by atoms with Crippen molar-refractivity contribution in [1.82, 2.24) is 19.8 Å². The van der Waals surface area contributed by atoms with Gasteiger partial charge in [-0.15, -0.1) is 0 Å². The highest BCUT2D eigenvalue weighted by Crippen LogP contribution is 2.30. The molecule has 2 heterocycles. The number of hydrogen-bond acceptors (Lipinski definition) is 6. The Morgan fingerprint density at radius 1 is 1.24 bits per heavy atom. The largest absolute Gasteiger partial charge is 0.340 e. The molecule has 2 aromatic carbocycles. The number of nitrogens with one attached hydrogen (secondary N) is 2. The van der Waals surface area contributed by atoms with Gasteiger partial charge in [0.05, 0.1) is 27.3 Å². The molecule has 7 nitrogen and oxygen atoms in total. The molecular weight excluding hydrogens is 503 g/mol. The molecule has 0 unspecified atom stereocenters. The van der Waals surface area contributed by atoms with Gasteiger partial charge in [-0.3, -0.25) is 9.69 Å². The SMILES string of the molecule is C=CC(=O)Nc1cc2c(Nc3ccc(F)c(Cl)c3)ncnc2cc1C#CC(C)(C)N1CCC(N(C)C)CC1. The van der Waals surface area contributed by atoms with Gasteiger partial charge in [0.15, 0.2) is 0 Å². The number of piperidine rings is 1. The van der Waals surface area contributed by atoms with Gasteiger partial charge in [0.1, 0.15) is 18.0 Å². The molecule has 0 atom stereocenters. The van der Waals surface area contributed by atoms with E-state index in [4.69, 9.17) is 11.6 Å². The third-order valence-electron chi connectivity index (χ3n) is 6.89. The van der Waals surface area contributed by atoms with Crippen molar-refractivity contribution in [3.63, 3.8) is 0 Å². The summed E-state index contributed by atoms with van der Waals surface area (Å²) in [7, 11) is 4.26. The van der Waals surface area contributed by atoms with Crippen molar-refractivity contribution >= 4 is 45.6 Å². The first-order valence-electron chi connectivity index (χ1n) is 12.5. The zero-order valence-electron chi connectivity index (χ0n) is 22.1. The number of hydrogen-bond donors (Lipinski definition) is 2. The normalized spacial score (nSPS) is 14.7. The minimum atomic E-state index is -0.507. The molecule has 38 heavy (non-hydrogen) atoms. The fraction of sp³-hybridized carbons (Fsp3) is 0.345. The summed E-state index contributed by atoms with van der Waals surface area (Å²) in [6.45, 7) is 9.75. The van der Waals surface area contributed by atoms with Crippen LogP contribution < -0.4 is 10.6 Å². The van der Waals surface area contributed by atoms with Gasteiger partial charge in [-0.25, -0.2) is 14.4 Å². The summed E-state index contributed by atoms with van der Waals surface area (Å²) in [4.78, 5) is 25.7. The minimum Gasteiger partial charge on any atom is -0.340 e. The maximum absolute atomic E-state index is 13.6. The quantitative estimate of drug-likeness (QED) is 0.324. The van der Waals surface area contributed by atoms with E-state index in [1.807, 2.05) is 6.07 Å². The second-order valence-electron chi connectivity index (χ2n) is 10.1. The zero-order valence-corrected chi connectivity index (χ0v) is 22.9. The van der Waals surface area contributed by atoms with Crippen LogP contribution in [0.25, 0.3) is 10.9 Å². The second kappa shape index (κ2) is 11.5. The van der Waals surface area contributed by atoms with Crippen LogP contribution in [-0.4, -0.2) is 64.4 Å². The van der Waals surface area contributed by atoms with Gasteiger partial charge in [-0.05, 0) is 77.2 Å². The summed E-state index contributed by atoms with van der Waals surface area (Å²) in [6.07, 6.45) is 4.84. The molecule has 2 N–H and O–H groups in total. The van der Waals surface area contributed by atoms with Crippen LogP contribution in [0.5, 0.6) is 0 Å². The van der Waals surface area contributed by atoms with Gasteiger partial charge in [0.2, 0.25) is 5.91 Å². The summed E-state index contributed by atoms with van der Waals surface area (Å²) in [5.74, 6) is 6.35. The van der Waals surface area contributed by atoms with Crippen LogP contribution in [-0.2, 0) is 4.79 Å². The number of anilines is 3. The third-order valence-corrected chi connectivity index (χ3v) is 7.18. The van der Waals surface area contributed by atoms with Crippen molar-refractivity contribution < 1.29 is 9.18 Å². The van der Waals surface area contributed by atoms with E-state index in [-0.39, 0.29) is 16.5 Å². The van der Waals surface area contributed by atoms with Crippen LogP contribution in [0, 0.1) is 17.7 Å². The van der Waals surface area contributed by atoms with E-state index in [9.17, 15) is 9.18 Å². The molecule has 0 bridgehead atoms. The van der Waals surface area contributed by atoms with Crippen molar-refractivity contribution in [3.8, 4) is 11.8 Å². The molecule has 1 aromatic heterocycles. The number of carbonyl (C=O) groups excluding carboxylic acids is 1. The van der Waals surface area contributed by atoms with Crippen LogP contribution in [0.2, 0.25) is 5.02 Å². The lowest BCUT2D eigenvalue weighted by molar-refractivity contribution is -0.111. The van der Waals surface area contributed by atoms with Crippen molar-refractivity contribution in [2.75, 3.05) is 37.8 Å².